The zero-order chi connectivity index (χ0) is 10.2. The van der Waals surface area contributed by atoms with E-state index in [0.29, 0.717) is 0 Å². The van der Waals surface area contributed by atoms with Crippen LogP contribution in [0.1, 0.15) is 0 Å². The third kappa shape index (κ3) is 1.80. The Kier molecular flexibility index (Phi) is 2.85. The van der Waals surface area contributed by atoms with E-state index in [0.717, 1.165) is 6.07 Å². The van der Waals surface area contributed by atoms with Crippen LogP contribution in [0.3, 0.4) is 0 Å². The summed E-state index contributed by atoms with van der Waals surface area (Å²) < 4.78 is 0. The minimum atomic E-state index is -0.833. The van der Waals surface area contributed by atoms with Crippen LogP contribution in [0.4, 0.5) is 5.69 Å². The van der Waals surface area contributed by atoms with Gasteiger partial charge in [-0.25, -0.2) is 0 Å². The molecule has 0 radical (unpaired) electrons. The molecule has 0 unspecified atom stereocenters. The molecule has 1 rings (SSSR count). The Morgan fingerprint density at radius 2 is 1.85 bits per heavy atom. The number of hydrogen-bond acceptors (Lipinski definition) is 3. The maximum Gasteiger partial charge on any atom is 0.330 e. The highest BCUT2D eigenvalue weighted by molar-refractivity contribution is 6.49. The van der Waals surface area contributed by atoms with Gasteiger partial charge in [-0.05, 0) is 0 Å². The van der Waals surface area contributed by atoms with Gasteiger partial charge in [-0.15, -0.1) is 0 Å². The number of aromatic hydroxyl groups is 1. The predicted octanol–water partition coefficient (Wildman–Crippen LogP) is 3.26. The van der Waals surface area contributed by atoms with E-state index in [1.54, 1.807) is 0 Å². The molecular formula is C6H2Cl3NO3. The van der Waals surface area contributed by atoms with Crippen LogP contribution in [-0.4, -0.2) is 10.0 Å². The molecule has 0 aromatic heterocycles. The first-order valence-corrected chi connectivity index (χ1v) is 4.09. The summed E-state index contributed by atoms with van der Waals surface area (Å²) in [6.45, 7) is 0. The number of benzene rings is 1. The standard InChI is InChI=1S/C6H2Cl3NO3/c7-2-1-3(11)6(10(12)13)5(9)4(2)8/h1,11H. The van der Waals surface area contributed by atoms with E-state index in [2.05, 4.69) is 0 Å². The molecule has 0 aliphatic heterocycles. The van der Waals surface area contributed by atoms with Crippen molar-refractivity contribution in [1.29, 1.82) is 0 Å². The minimum absolute atomic E-state index is 0.0326. The summed E-state index contributed by atoms with van der Waals surface area (Å²) in [6.07, 6.45) is 0. The molecule has 1 N–H and O–H groups in total. The van der Waals surface area contributed by atoms with Gasteiger partial charge in [0.05, 0.1) is 15.0 Å². The van der Waals surface area contributed by atoms with Crippen LogP contribution in [0.2, 0.25) is 15.1 Å². The van der Waals surface area contributed by atoms with Gasteiger partial charge in [0.15, 0.2) is 5.75 Å². The van der Waals surface area contributed by atoms with Crippen LogP contribution >= 0.6 is 34.8 Å². The summed E-state index contributed by atoms with van der Waals surface area (Å²) >= 11 is 16.5. The fourth-order valence-corrected chi connectivity index (χ4v) is 1.40. The smallest absolute Gasteiger partial charge is 0.330 e. The first-order valence-electron chi connectivity index (χ1n) is 2.96. The monoisotopic (exact) mass is 241 g/mol. The molecule has 0 fully saturated rings. The van der Waals surface area contributed by atoms with Crippen molar-refractivity contribution >= 4 is 40.5 Å². The highest BCUT2D eigenvalue weighted by atomic mass is 35.5. The van der Waals surface area contributed by atoms with Crippen LogP contribution in [0, 0.1) is 10.1 Å². The van der Waals surface area contributed by atoms with Crippen molar-refractivity contribution in [3.05, 3.63) is 31.2 Å². The maximum atomic E-state index is 10.4. The Bertz CT molecular complexity index is 380. The van der Waals surface area contributed by atoms with Gasteiger partial charge in [0.2, 0.25) is 0 Å². The molecule has 0 saturated carbocycles. The fourth-order valence-electron chi connectivity index (χ4n) is 0.747. The number of phenolic OH excluding ortho intramolecular Hbond substituents is 1. The Balaban J connectivity index is 3.53. The van der Waals surface area contributed by atoms with E-state index in [1.807, 2.05) is 0 Å². The lowest BCUT2D eigenvalue weighted by atomic mass is 10.3. The largest absolute Gasteiger partial charge is 0.502 e. The van der Waals surface area contributed by atoms with Gasteiger partial charge in [0.1, 0.15) is 5.02 Å². The fraction of sp³-hybridized carbons (Fsp3) is 0. The van der Waals surface area contributed by atoms with Gasteiger partial charge < -0.3 is 5.11 Å². The molecule has 7 heteroatoms. The molecule has 0 bridgehead atoms. The third-order valence-corrected chi connectivity index (χ3v) is 2.55. The van der Waals surface area contributed by atoms with Gasteiger partial charge in [-0.2, -0.15) is 0 Å². The summed E-state index contributed by atoms with van der Waals surface area (Å²) in [4.78, 5) is 9.53. The molecule has 1 aromatic rings. The summed E-state index contributed by atoms with van der Waals surface area (Å²) in [5, 5.41) is 18.9. The number of nitrogens with zero attached hydrogens (tertiary/aromatic N) is 1. The molecule has 13 heavy (non-hydrogen) atoms. The van der Waals surface area contributed by atoms with E-state index >= 15 is 0 Å². The average molecular weight is 242 g/mol. The van der Waals surface area contributed by atoms with Crippen LogP contribution < -0.4 is 0 Å². The molecule has 0 aliphatic rings. The Labute approximate surface area is 87.8 Å². The number of hydrogen-bond donors (Lipinski definition) is 1. The van der Waals surface area contributed by atoms with Crippen LogP contribution in [0.15, 0.2) is 6.07 Å². The van der Waals surface area contributed by atoms with Crippen molar-refractivity contribution in [2.75, 3.05) is 0 Å². The first-order chi connectivity index (χ1) is 5.95. The highest BCUT2D eigenvalue weighted by Crippen LogP contribution is 2.42. The molecule has 70 valence electrons. The average Bonchev–Trinajstić information content (AvgIpc) is 1.99. The van der Waals surface area contributed by atoms with Gasteiger partial charge in [0.25, 0.3) is 0 Å². The number of halogens is 3. The van der Waals surface area contributed by atoms with Crippen molar-refractivity contribution in [2.24, 2.45) is 0 Å². The number of rotatable bonds is 1. The second-order valence-electron chi connectivity index (χ2n) is 2.11. The van der Waals surface area contributed by atoms with E-state index in [1.165, 1.54) is 0 Å². The lowest BCUT2D eigenvalue weighted by molar-refractivity contribution is -0.385. The molecular weight excluding hydrogens is 240 g/mol. The van der Waals surface area contributed by atoms with Crippen molar-refractivity contribution in [1.82, 2.24) is 0 Å². The molecule has 0 saturated heterocycles. The van der Waals surface area contributed by atoms with Crippen molar-refractivity contribution in [2.45, 2.75) is 0 Å². The second-order valence-corrected chi connectivity index (χ2v) is 3.27. The van der Waals surface area contributed by atoms with E-state index in [-0.39, 0.29) is 15.1 Å². The van der Waals surface area contributed by atoms with Gasteiger partial charge in [-0.1, -0.05) is 34.8 Å². The summed E-state index contributed by atoms with van der Waals surface area (Å²) in [6, 6.07) is 0.966. The van der Waals surface area contributed by atoms with E-state index in [9.17, 15) is 10.1 Å². The Morgan fingerprint density at radius 3 is 2.31 bits per heavy atom. The molecule has 0 aliphatic carbocycles. The normalized spacial score (nSPS) is 10.1. The van der Waals surface area contributed by atoms with Gasteiger partial charge in [-0.3, -0.25) is 10.1 Å². The molecule has 0 spiro atoms. The summed E-state index contributed by atoms with van der Waals surface area (Å²) in [5.41, 5.74) is -0.643. The quantitative estimate of drug-likeness (QED) is 0.467. The lowest BCUT2D eigenvalue weighted by Crippen LogP contribution is -1.90. The topological polar surface area (TPSA) is 63.4 Å². The van der Waals surface area contributed by atoms with Crippen LogP contribution in [0.5, 0.6) is 5.75 Å². The highest BCUT2D eigenvalue weighted by Gasteiger charge is 2.23. The van der Waals surface area contributed by atoms with E-state index < -0.39 is 16.4 Å². The van der Waals surface area contributed by atoms with Gasteiger partial charge in [0, 0.05) is 6.07 Å². The Hall–Kier alpha value is -0.710. The molecule has 4 nitrogen and oxygen atoms in total. The summed E-state index contributed by atoms with van der Waals surface area (Å²) in [7, 11) is 0. The van der Waals surface area contributed by atoms with Crippen molar-refractivity contribution in [3.8, 4) is 5.75 Å². The Morgan fingerprint density at radius 1 is 1.31 bits per heavy atom. The zero-order valence-electron chi connectivity index (χ0n) is 5.92. The van der Waals surface area contributed by atoms with Crippen LogP contribution in [0.25, 0.3) is 0 Å². The van der Waals surface area contributed by atoms with E-state index in [4.69, 9.17) is 39.9 Å². The number of phenols is 1. The van der Waals surface area contributed by atoms with Crippen LogP contribution in [-0.2, 0) is 0 Å². The summed E-state index contributed by atoms with van der Waals surface area (Å²) in [5.74, 6) is -0.607. The SMILES string of the molecule is O=[N+]([O-])c1c(O)cc(Cl)c(Cl)c1Cl. The number of nitro benzene ring substituents is 1. The second kappa shape index (κ2) is 3.57. The zero-order valence-corrected chi connectivity index (χ0v) is 8.19. The maximum absolute atomic E-state index is 10.4. The third-order valence-electron chi connectivity index (χ3n) is 1.30. The molecule has 0 amide bonds. The predicted molar refractivity (Wildman–Crippen MR) is 49.8 cm³/mol. The van der Waals surface area contributed by atoms with Gasteiger partial charge >= 0.3 is 5.69 Å². The lowest BCUT2D eigenvalue weighted by Gasteiger charge is -2.01. The first kappa shape index (κ1) is 10.4. The number of nitro groups is 1. The van der Waals surface area contributed by atoms with Crippen molar-refractivity contribution < 1.29 is 10.0 Å². The molecule has 0 heterocycles. The minimum Gasteiger partial charge on any atom is -0.502 e. The molecule has 1 aromatic carbocycles. The van der Waals surface area contributed by atoms with Crippen molar-refractivity contribution in [3.63, 3.8) is 0 Å². The molecule has 0 atom stereocenters.